The van der Waals surface area contributed by atoms with Crippen molar-refractivity contribution >= 4 is 18.7 Å². The fourth-order valence-corrected chi connectivity index (χ4v) is 4.18. The highest BCUT2D eigenvalue weighted by Gasteiger charge is 2.52. The summed E-state index contributed by atoms with van der Waals surface area (Å²) in [5.74, 6) is 0. The Hall–Kier alpha value is -1.54. The standard InChI is InChI=1S/C22H38BN3O4/c1-15-18(23-29-21(5,6)22(7,8)30-23)14-24-26(15)17-12-10-16(11-13-17)25(9)19(27)28-20(2,3)4/h14,16-17H,10-13H2,1-9H3. The summed E-state index contributed by atoms with van der Waals surface area (Å²) in [7, 11) is 1.45. The molecule has 1 aliphatic heterocycles. The first kappa shape index (κ1) is 23.1. The maximum atomic E-state index is 12.4. The van der Waals surface area contributed by atoms with E-state index in [1.54, 1.807) is 4.90 Å². The van der Waals surface area contributed by atoms with Gasteiger partial charge < -0.3 is 18.9 Å². The molecule has 2 aliphatic rings. The molecule has 0 aromatic carbocycles. The summed E-state index contributed by atoms with van der Waals surface area (Å²) in [6.45, 7) is 16.0. The molecule has 1 aromatic rings. The number of hydrogen-bond acceptors (Lipinski definition) is 5. The molecule has 1 aromatic heterocycles. The number of nitrogens with zero attached hydrogens (tertiary/aromatic N) is 3. The van der Waals surface area contributed by atoms with Crippen LogP contribution in [0.25, 0.3) is 0 Å². The van der Waals surface area contributed by atoms with Crippen LogP contribution in [0, 0.1) is 6.92 Å². The Labute approximate surface area is 181 Å². The predicted molar refractivity (Wildman–Crippen MR) is 118 cm³/mol. The minimum Gasteiger partial charge on any atom is -0.444 e. The van der Waals surface area contributed by atoms with Crippen LogP contribution in [0.5, 0.6) is 0 Å². The summed E-state index contributed by atoms with van der Waals surface area (Å²) in [5.41, 5.74) is 0.894. The van der Waals surface area contributed by atoms with Crippen molar-refractivity contribution < 1.29 is 18.8 Å². The zero-order valence-electron chi connectivity index (χ0n) is 20.1. The zero-order chi connectivity index (χ0) is 22.5. The van der Waals surface area contributed by atoms with Gasteiger partial charge in [0.15, 0.2) is 0 Å². The summed E-state index contributed by atoms with van der Waals surface area (Å²) < 4.78 is 20.1. The first-order chi connectivity index (χ1) is 13.7. The molecule has 7 nitrogen and oxygen atoms in total. The Balaban J connectivity index is 1.63. The third kappa shape index (κ3) is 4.54. The summed E-state index contributed by atoms with van der Waals surface area (Å²) >= 11 is 0. The lowest BCUT2D eigenvalue weighted by molar-refractivity contribution is 0.00578. The van der Waals surface area contributed by atoms with Crippen LogP contribution in [0.4, 0.5) is 4.79 Å². The molecule has 0 N–H and O–H groups in total. The SMILES string of the molecule is Cc1c(B2OC(C)(C)C(C)(C)O2)cnn1C1CCC(N(C)C(=O)OC(C)(C)C)CC1. The van der Waals surface area contributed by atoms with Crippen LogP contribution in [-0.4, -0.2) is 57.8 Å². The molecule has 0 spiro atoms. The van der Waals surface area contributed by atoms with E-state index >= 15 is 0 Å². The van der Waals surface area contributed by atoms with E-state index < -0.39 is 12.7 Å². The van der Waals surface area contributed by atoms with Crippen molar-refractivity contribution in [3.8, 4) is 0 Å². The molecule has 2 fully saturated rings. The van der Waals surface area contributed by atoms with E-state index in [2.05, 4.69) is 44.4 Å². The first-order valence-electron chi connectivity index (χ1n) is 11.1. The number of aromatic nitrogens is 2. The summed E-state index contributed by atoms with van der Waals surface area (Å²) in [4.78, 5) is 14.1. The molecule has 3 rings (SSSR count). The molecule has 1 saturated heterocycles. The van der Waals surface area contributed by atoms with Gasteiger partial charge in [-0.25, -0.2) is 4.79 Å². The molecule has 2 heterocycles. The molecule has 1 amide bonds. The Morgan fingerprint density at radius 2 is 1.70 bits per heavy atom. The normalized spacial score (nSPS) is 26.0. The van der Waals surface area contributed by atoms with Crippen molar-refractivity contribution in [2.24, 2.45) is 0 Å². The van der Waals surface area contributed by atoms with E-state index in [1.807, 2.05) is 34.0 Å². The van der Waals surface area contributed by atoms with Crippen LogP contribution in [0.1, 0.15) is 85.9 Å². The number of carbonyl (C=O) groups excluding carboxylic acids is 1. The number of carbonyl (C=O) groups is 1. The molecular formula is C22H38BN3O4. The van der Waals surface area contributed by atoms with Gasteiger partial charge in [0.25, 0.3) is 0 Å². The molecule has 0 bridgehead atoms. The number of rotatable bonds is 3. The van der Waals surface area contributed by atoms with E-state index in [0.29, 0.717) is 6.04 Å². The van der Waals surface area contributed by atoms with Crippen molar-refractivity contribution in [3.63, 3.8) is 0 Å². The molecule has 8 heteroatoms. The van der Waals surface area contributed by atoms with Gasteiger partial charge in [-0.15, -0.1) is 0 Å². The fraction of sp³-hybridized carbons (Fsp3) is 0.818. The van der Waals surface area contributed by atoms with E-state index in [0.717, 1.165) is 36.8 Å². The molecule has 0 unspecified atom stereocenters. The topological polar surface area (TPSA) is 65.8 Å². The van der Waals surface area contributed by atoms with Crippen LogP contribution >= 0.6 is 0 Å². The average Bonchev–Trinajstić information content (AvgIpc) is 3.09. The highest BCUT2D eigenvalue weighted by Crippen LogP contribution is 2.37. The molecule has 168 valence electrons. The second kappa shape index (κ2) is 7.86. The van der Waals surface area contributed by atoms with Crippen LogP contribution in [0.2, 0.25) is 0 Å². The van der Waals surface area contributed by atoms with Crippen molar-refractivity contribution in [2.75, 3.05) is 7.05 Å². The summed E-state index contributed by atoms with van der Waals surface area (Å²) in [6.07, 6.45) is 5.46. The Bertz CT molecular complexity index is 760. The van der Waals surface area contributed by atoms with E-state index in [4.69, 9.17) is 14.0 Å². The molecule has 1 saturated carbocycles. The largest absolute Gasteiger partial charge is 0.498 e. The monoisotopic (exact) mass is 419 g/mol. The number of amides is 1. The van der Waals surface area contributed by atoms with Gasteiger partial charge >= 0.3 is 13.2 Å². The van der Waals surface area contributed by atoms with Gasteiger partial charge in [0.1, 0.15) is 5.60 Å². The Kier molecular flexibility index (Phi) is 6.06. The van der Waals surface area contributed by atoms with Gasteiger partial charge in [-0.05, 0) is 81.1 Å². The minimum absolute atomic E-state index is 0.203. The van der Waals surface area contributed by atoms with Gasteiger partial charge in [0, 0.05) is 30.4 Å². The van der Waals surface area contributed by atoms with Crippen molar-refractivity contribution in [2.45, 2.75) is 110 Å². The second-order valence-corrected chi connectivity index (χ2v) is 10.8. The van der Waals surface area contributed by atoms with Crippen LogP contribution < -0.4 is 5.46 Å². The zero-order valence-corrected chi connectivity index (χ0v) is 20.1. The van der Waals surface area contributed by atoms with Crippen molar-refractivity contribution in [3.05, 3.63) is 11.9 Å². The molecule has 0 atom stereocenters. The minimum atomic E-state index is -0.474. The van der Waals surface area contributed by atoms with Gasteiger partial charge in [-0.1, -0.05) is 0 Å². The quantitative estimate of drug-likeness (QED) is 0.697. The lowest BCUT2D eigenvalue weighted by Crippen LogP contribution is -2.42. The third-order valence-corrected chi connectivity index (χ3v) is 6.83. The van der Waals surface area contributed by atoms with E-state index in [9.17, 15) is 4.79 Å². The van der Waals surface area contributed by atoms with Gasteiger partial charge in [-0.2, -0.15) is 5.10 Å². The van der Waals surface area contributed by atoms with E-state index in [-0.39, 0.29) is 23.3 Å². The van der Waals surface area contributed by atoms with Crippen LogP contribution in [0.3, 0.4) is 0 Å². The van der Waals surface area contributed by atoms with Gasteiger partial charge in [0.05, 0.1) is 17.2 Å². The van der Waals surface area contributed by atoms with Crippen LogP contribution in [-0.2, 0) is 14.0 Å². The Morgan fingerprint density at radius 1 is 1.17 bits per heavy atom. The van der Waals surface area contributed by atoms with Crippen molar-refractivity contribution in [1.82, 2.24) is 14.7 Å². The first-order valence-corrected chi connectivity index (χ1v) is 11.1. The molecule has 30 heavy (non-hydrogen) atoms. The maximum absolute atomic E-state index is 12.4. The van der Waals surface area contributed by atoms with E-state index in [1.165, 1.54) is 0 Å². The number of ether oxygens (including phenoxy) is 1. The summed E-state index contributed by atoms with van der Waals surface area (Å²) in [5, 5.41) is 4.68. The predicted octanol–water partition coefficient (Wildman–Crippen LogP) is 3.84. The van der Waals surface area contributed by atoms with Crippen molar-refractivity contribution in [1.29, 1.82) is 0 Å². The molecular weight excluding hydrogens is 381 g/mol. The smallest absolute Gasteiger partial charge is 0.444 e. The fourth-order valence-electron chi connectivity index (χ4n) is 4.18. The van der Waals surface area contributed by atoms with Crippen LogP contribution in [0.15, 0.2) is 6.20 Å². The number of hydrogen-bond donors (Lipinski definition) is 0. The molecule has 0 radical (unpaired) electrons. The second-order valence-electron chi connectivity index (χ2n) is 10.8. The van der Waals surface area contributed by atoms with Gasteiger partial charge in [-0.3, -0.25) is 4.68 Å². The lowest BCUT2D eigenvalue weighted by atomic mass is 9.79. The highest BCUT2D eigenvalue weighted by molar-refractivity contribution is 6.62. The maximum Gasteiger partial charge on any atom is 0.498 e. The third-order valence-electron chi connectivity index (χ3n) is 6.83. The highest BCUT2D eigenvalue weighted by atomic mass is 16.7. The summed E-state index contributed by atoms with van der Waals surface area (Å²) in [6, 6.07) is 0.527. The average molecular weight is 419 g/mol. The van der Waals surface area contributed by atoms with Gasteiger partial charge in [0.2, 0.25) is 0 Å². The lowest BCUT2D eigenvalue weighted by Gasteiger charge is -2.35. The Morgan fingerprint density at radius 3 is 2.20 bits per heavy atom. The molecule has 1 aliphatic carbocycles.